The molecule has 72 valence electrons. The summed E-state index contributed by atoms with van der Waals surface area (Å²) in [6.45, 7) is 7.33. The number of nitrogens with zero attached hydrogens (tertiary/aromatic N) is 1. The molecular weight excluding hydrogens is 204 g/mol. The van der Waals surface area contributed by atoms with Gasteiger partial charge in [0.1, 0.15) is 0 Å². The molecule has 1 aromatic rings. The van der Waals surface area contributed by atoms with Gasteiger partial charge in [0.05, 0.1) is 0 Å². The molecule has 0 aromatic heterocycles. The van der Waals surface area contributed by atoms with E-state index in [4.69, 9.17) is 0 Å². The van der Waals surface area contributed by atoms with E-state index in [-0.39, 0.29) is 29.6 Å². The molecule has 0 N–H and O–H groups in total. The van der Waals surface area contributed by atoms with E-state index in [1.54, 1.807) is 13.3 Å². The summed E-state index contributed by atoms with van der Waals surface area (Å²) in [5, 5.41) is 4.25. The van der Waals surface area contributed by atoms with Crippen molar-refractivity contribution in [2.45, 2.75) is 13.8 Å². The Hall–Kier alpha value is 0.250. The maximum Gasteiger partial charge on any atom is 1.00 e. The summed E-state index contributed by atoms with van der Waals surface area (Å²) >= 11 is 0. The smallest absolute Gasteiger partial charge is 0.628 e. The standard InChI is InChI=1S/C10H15NOP.Na/c1-8-6-5-7-9(2)10(8)11-13(3,4)12;/h5-7H,1-4H3;/q-1;+1. The van der Waals surface area contributed by atoms with Gasteiger partial charge in [0, 0.05) is 7.29 Å². The number of rotatable bonds is 2. The number of hydrogen-bond acceptors (Lipinski definition) is 1. The van der Waals surface area contributed by atoms with Crippen molar-refractivity contribution in [2.75, 3.05) is 13.3 Å². The second kappa shape index (κ2) is 5.37. The van der Waals surface area contributed by atoms with Gasteiger partial charge in [-0.1, -0.05) is 29.3 Å². The van der Waals surface area contributed by atoms with Gasteiger partial charge < -0.3 is 9.65 Å². The van der Waals surface area contributed by atoms with Gasteiger partial charge in [0.2, 0.25) is 0 Å². The van der Waals surface area contributed by atoms with Crippen molar-refractivity contribution >= 4 is 13.0 Å². The van der Waals surface area contributed by atoms with Crippen LogP contribution in [0.2, 0.25) is 0 Å². The van der Waals surface area contributed by atoms with Crippen LogP contribution >= 0.6 is 7.29 Å². The molecule has 0 bridgehead atoms. The monoisotopic (exact) mass is 219 g/mol. The first-order valence-electron chi connectivity index (χ1n) is 4.24. The first kappa shape index (κ1) is 14.2. The molecule has 0 aliphatic heterocycles. The van der Waals surface area contributed by atoms with Crippen molar-refractivity contribution in [2.24, 2.45) is 0 Å². The third kappa shape index (κ3) is 4.18. The first-order valence-corrected chi connectivity index (χ1v) is 6.80. The van der Waals surface area contributed by atoms with Gasteiger partial charge >= 0.3 is 29.6 Å². The number of hydrogen-bond donors (Lipinski definition) is 0. The van der Waals surface area contributed by atoms with Crippen molar-refractivity contribution in [3.8, 4) is 0 Å². The molecule has 0 amide bonds. The summed E-state index contributed by atoms with van der Waals surface area (Å²) in [5.41, 5.74) is 3.06. The quantitative estimate of drug-likeness (QED) is 0.536. The Bertz CT molecular complexity index is 339. The van der Waals surface area contributed by atoms with Crippen molar-refractivity contribution in [3.63, 3.8) is 0 Å². The third-order valence-corrected chi connectivity index (χ3v) is 2.46. The molecule has 0 fully saturated rings. The van der Waals surface area contributed by atoms with Crippen LogP contribution in [-0.4, -0.2) is 13.3 Å². The molecule has 14 heavy (non-hydrogen) atoms. The van der Waals surface area contributed by atoms with Crippen LogP contribution in [0, 0.1) is 13.8 Å². The van der Waals surface area contributed by atoms with Gasteiger partial charge in [0.25, 0.3) is 0 Å². The average molecular weight is 219 g/mol. The fourth-order valence-corrected chi connectivity index (χ4v) is 2.00. The zero-order valence-corrected chi connectivity index (χ0v) is 12.4. The molecule has 0 unspecified atom stereocenters. The van der Waals surface area contributed by atoms with Crippen LogP contribution in [-0.2, 0) is 4.57 Å². The maximum atomic E-state index is 11.5. The van der Waals surface area contributed by atoms with Gasteiger partial charge in [-0.2, -0.15) is 0 Å². The van der Waals surface area contributed by atoms with Crippen LogP contribution in [0.4, 0.5) is 5.69 Å². The van der Waals surface area contributed by atoms with Crippen LogP contribution in [0.15, 0.2) is 18.2 Å². The molecule has 1 rings (SSSR count). The molecule has 0 saturated heterocycles. The van der Waals surface area contributed by atoms with Crippen molar-refractivity contribution < 1.29 is 34.1 Å². The van der Waals surface area contributed by atoms with Crippen LogP contribution in [0.3, 0.4) is 0 Å². The first-order chi connectivity index (χ1) is 5.90. The topological polar surface area (TPSA) is 31.2 Å². The van der Waals surface area contributed by atoms with Crippen LogP contribution in [0.5, 0.6) is 0 Å². The summed E-state index contributed by atoms with van der Waals surface area (Å²) in [4.78, 5) is 0. The summed E-state index contributed by atoms with van der Waals surface area (Å²) < 4.78 is 11.5. The summed E-state index contributed by atoms with van der Waals surface area (Å²) in [7, 11) is -2.32. The minimum absolute atomic E-state index is 0. The Labute approximate surface area is 108 Å². The van der Waals surface area contributed by atoms with Gasteiger partial charge in [0.15, 0.2) is 0 Å². The Balaban J connectivity index is 0.00000169. The van der Waals surface area contributed by atoms with Crippen LogP contribution < -0.4 is 29.6 Å². The van der Waals surface area contributed by atoms with Crippen LogP contribution in [0.25, 0.3) is 5.09 Å². The van der Waals surface area contributed by atoms with Crippen molar-refractivity contribution in [1.82, 2.24) is 0 Å². The molecule has 0 aliphatic rings. The zero-order chi connectivity index (χ0) is 10.1. The van der Waals surface area contributed by atoms with E-state index in [1.165, 1.54) is 0 Å². The summed E-state index contributed by atoms with van der Waals surface area (Å²) in [6, 6.07) is 5.96. The van der Waals surface area contributed by atoms with E-state index in [0.717, 1.165) is 16.8 Å². The van der Waals surface area contributed by atoms with E-state index in [9.17, 15) is 4.57 Å². The largest absolute Gasteiger partial charge is 1.00 e. The minimum Gasteiger partial charge on any atom is -0.628 e. The molecule has 0 radical (unpaired) electrons. The molecule has 4 heteroatoms. The molecule has 0 heterocycles. The fourth-order valence-electron chi connectivity index (χ4n) is 1.20. The van der Waals surface area contributed by atoms with Gasteiger partial charge in [-0.15, -0.1) is 5.69 Å². The van der Waals surface area contributed by atoms with Crippen LogP contribution in [0.1, 0.15) is 11.1 Å². The molecule has 1 aromatic carbocycles. The van der Waals surface area contributed by atoms with E-state index in [0.29, 0.717) is 0 Å². The normalized spacial score (nSPS) is 10.6. The fraction of sp³-hybridized carbons (Fsp3) is 0.400. The van der Waals surface area contributed by atoms with Crippen molar-refractivity contribution in [1.29, 1.82) is 0 Å². The molecule has 0 spiro atoms. The number of aryl methyl sites for hydroxylation is 2. The van der Waals surface area contributed by atoms with Gasteiger partial charge in [-0.25, -0.2) is 0 Å². The Morgan fingerprint density at radius 2 is 1.57 bits per heavy atom. The SMILES string of the molecule is Cc1cccc(C)c1[N-]P(C)(C)=O.[Na+]. The Kier molecular flexibility index (Phi) is 5.46. The summed E-state index contributed by atoms with van der Waals surface area (Å²) in [5.74, 6) is 0. The molecule has 0 atom stereocenters. The van der Waals surface area contributed by atoms with Gasteiger partial charge in [-0.05, 0) is 27.2 Å². The predicted molar refractivity (Wildman–Crippen MR) is 58.4 cm³/mol. The van der Waals surface area contributed by atoms with E-state index >= 15 is 0 Å². The molecule has 0 aliphatic carbocycles. The Morgan fingerprint density at radius 1 is 1.14 bits per heavy atom. The maximum absolute atomic E-state index is 11.5. The molecule has 2 nitrogen and oxygen atoms in total. The summed E-state index contributed by atoms with van der Waals surface area (Å²) in [6.07, 6.45) is 0. The third-order valence-electron chi connectivity index (χ3n) is 1.78. The van der Waals surface area contributed by atoms with Gasteiger partial charge in [-0.3, -0.25) is 0 Å². The second-order valence-electron chi connectivity index (χ2n) is 3.63. The number of benzene rings is 1. The second-order valence-corrected chi connectivity index (χ2v) is 6.42. The average Bonchev–Trinajstić information content (AvgIpc) is 1.95. The molecular formula is C10H15NNaOP. The zero-order valence-electron chi connectivity index (χ0n) is 9.53. The van der Waals surface area contributed by atoms with Crippen molar-refractivity contribution in [3.05, 3.63) is 34.4 Å². The van der Waals surface area contributed by atoms with E-state index in [1.807, 2.05) is 32.0 Å². The van der Waals surface area contributed by atoms with E-state index in [2.05, 4.69) is 5.09 Å². The van der Waals surface area contributed by atoms with E-state index < -0.39 is 7.29 Å². The predicted octanol–water partition coefficient (Wildman–Crippen LogP) is 0.850. The Morgan fingerprint density at radius 3 is 1.93 bits per heavy atom. The molecule has 0 saturated carbocycles. The minimum atomic E-state index is -2.32.